The van der Waals surface area contributed by atoms with Crippen LogP contribution in [0.1, 0.15) is 41.8 Å². The molecule has 25 heavy (non-hydrogen) atoms. The highest BCUT2D eigenvalue weighted by Crippen LogP contribution is 2.35. The number of nitrogens with zero attached hydrogens (tertiary/aromatic N) is 2. The zero-order valence-corrected chi connectivity index (χ0v) is 15.8. The van der Waals surface area contributed by atoms with Crippen molar-refractivity contribution in [3.63, 3.8) is 0 Å². The molecule has 1 aliphatic heterocycles. The summed E-state index contributed by atoms with van der Waals surface area (Å²) >= 11 is 12.1. The maximum absolute atomic E-state index is 9.67. The monoisotopic (exact) mass is 376 g/mol. The van der Waals surface area contributed by atoms with E-state index >= 15 is 0 Å². The first-order valence-corrected chi connectivity index (χ1v) is 8.69. The number of pyridine rings is 1. The number of halogens is 2. The van der Waals surface area contributed by atoms with E-state index in [-0.39, 0.29) is 12.2 Å². The Balaban J connectivity index is 1.94. The summed E-state index contributed by atoms with van der Waals surface area (Å²) in [5.74, 6) is 0.336. The van der Waals surface area contributed by atoms with E-state index in [9.17, 15) is 5.26 Å². The van der Waals surface area contributed by atoms with E-state index in [1.165, 1.54) is 0 Å². The van der Waals surface area contributed by atoms with Crippen LogP contribution in [0.3, 0.4) is 0 Å². The van der Waals surface area contributed by atoms with E-state index in [1.54, 1.807) is 18.2 Å². The second-order valence-corrected chi connectivity index (χ2v) is 7.54. The van der Waals surface area contributed by atoms with Gasteiger partial charge in [0.2, 0.25) is 5.88 Å². The molecule has 0 saturated carbocycles. The van der Waals surface area contributed by atoms with Crippen molar-refractivity contribution < 1.29 is 9.47 Å². The number of aromatic nitrogens is 1. The van der Waals surface area contributed by atoms with Gasteiger partial charge in [-0.3, -0.25) is 0 Å². The molecule has 130 valence electrons. The van der Waals surface area contributed by atoms with Crippen molar-refractivity contribution in [1.82, 2.24) is 4.98 Å². The van der Waals surface area contributed by atoms with Crippen molar-refractivity contribution in [3.8, 4) is 11.9 Å². The molecule has 0 N–H and O–H groups in total. The second-order valence-electron chi connectivity index (χ2n) is 6.70. The van der Waals surface area contributed by atoms with Crippen molar-refractivity contribution in [3.05, 3.63) is 56.2 Å². The fourth-order valence-electron chi connectivity index (χ4n) is 2.91. The summed E-state index contributed by atoms with van der Waals surface area (Å²) in [6, 6.07) is 7.47. The first-order chi connectivity index (χ1) is 11.8. The minimum Gasteiger partial charge on any atom is -0.472 e. The minimum atomic E-state index is -0.316. The van der Waals surface area contributed by atoms with Gasteiger partial charge in [0.1, 0.15) is 18.2 Å². The number of hydrogen-bond donors (Lipinski definition) is 0. The zero-order chi connectivity index (χ0) is 18.2. The number of fused-ring (bicyclic) bond motifs is 1. The van der Waals surface area contributed by atoms with Crippen molar-refractivity contribution in [1.29, 1.82) is 5.26 Å². The minimum absolute atomic E-state index is 0.218. The first kappa shape index (κ1) is 18.0. The number of aryl methyl sites for hydroxylation is 1. The third-order valence-corrected chi connectivity index (χ3v) is 4.87. The lowest BCUT2D eigenvalue weighted by Gasteiger charge is -2.33. The van der Waals surface area contributed by atoms with Crippen LogP contribution in [0.25, 0.3) is 0 Å². The van der Waals surface area contributed by atoms with Crippen LogP contribution in [0.5, 0.6) is 5.88 Å². The third kappa shape index (κ3) is 3.74. The van der Waals surface area contributed by atoms with Gasteiger partial charge in [-0.1, -0.05) is 29.3 Å². The fourth-order valence-corrected chi connectivity index (χ4v) is 3.37. The lowest BCUT2D eigenvalue weighted by Crippen LogP contribution is -2.33. The molecule has 0 radical (unpaired) electrons. The van der Waals surface area contributed by atoms with Crippen LogP contribution >= 0.6 is 23.2 Å². The lowest BCUT2D eigenvalue weighted by molar-refractivity contribution is -0.0407. The molecule has 2 heterocycles. The summed E-state index contributed by atoms with van der Waals surface area (Å²) in [4.78, 5) is 4.47. The molecule has 1 aromatic heterocycles. The van der Waals surface area contributed by atoms with E-state index in [1.807, 2.05) is 20.8 Å². The number of benzene rings is 1. The molecule has 0 amide bonds. The highest BCUT2D eigenvalue weighted by molar-refractivity contribution is 6.35. The van der Waals surface area contributed by atoms with E-state index in [0.29, 0.717) is 34.5 Å². The average Bonchev–Trinajstić information content (AvgIpc) is 2.53. The van der Waals surface area contributed by atoms with Gasteiger partial charge in [-0.25, -0.2) is 4.98 Å². The van der Waals surface area contributed by atoms with Gasteiger partial charge in [-0.2, -0.15) is 5.26 Å². The molecule has 1 aromatic carbocycles. The molecule has 2 aromatic rings. The van der Waals surface area contributed by atoms with Crippen molar-refractivity contribution in [2.45, 2.75) is 46.0 Å². The summed E-state index contributed by atoms with van der Waals surface area (Å²) in [5, 5.41) is 10.8. The highest BCUT2D eigenvalue weighted by Gasteiger charge is 2.31. The maximum Gasteiger partial charge on any atom is 0.232 e. The SMILES string of the molecule is Cc1nc(OCc2ccc(Cl)cc2Cl)c(C#N)c2c1COC(C)(C)C2. The van der Waals surface area contributed by atoms with E-state index in [4.69, 9.17) is 32.7 Å². The Morgan fingerprint density at radius 1 is 1.32 bits per heavy atom. The molecule has 0 saturated heterocycles. The molecule has 0 atom stereocenters. The topological polar surface area (TPSA) is 55.1 Å². The number of ether oxygens (including phenoxy) is 2. The van der Waals surface area contributed by atoms with Crippen LogP contribution in [0, 0.1) is 18.3 Å². The van der Waals surface area contributed by atoms with E-state index < -0.39 is 0 Å². The van der Waals surface area contributed by atoms with Gasteiger partial charge in [0.25, 0.3) is 0 Å². The van der Waals surface area contributed by atoms with Gasteiger partial charge in [0, 0.05) is 33.3 Å². The first-order valence-electron chi connectivity index (χ1n) is 7.94. The van der Waals surface area contributed by atoms with Crippen LogP contribution in [-0.4, -0.2) is 10.6 Å². The molecule has 0 fully saturated rings. The van der Waals surface area contributed by atoms with Gasteiger partial charge in [-0.05, 0) is 38.5 Å². The molecule has 0 spiro atoms. The Bertz CT molecular complexity index is 873. The molecule has 0 bridgehead atoms. The molecular formula is C19H18Cl2N2O2. The molecular weight excluding hydrogens is 359 g/mol. The molecule has 0 aliphatic carbocycles. The Morgan fingerprint density at radius 3 is 2.76 bits per heavy atom. The van der Waals surface area contributed by atoms with Crippen LogP contribution < -0.4 is 4.74 Å². The molecule has 1 aliphatic rings. The number of rotatable bonds is 3. The van der Waals surface area contributed by atoms with Crippen molar-refractivity contribution in [2.75, 3.05) is 0 Å². The van der Waals surface area contributed by atoms with Gasteiger partial charge in [0.15, 0.2) is 0 Å². The maximum atomic E-state index is 9.67. The Labute approximate surface area is 157 Å². The smallest absolute Gasteiger partial charge is 0.232 e. The van der Waals surface area contributed by atoms with Crippen LogP contribution in [-0.2, 0) is 24.4 Å². The predicted molar refractivity (Wildman–Crippen MR) is 97.1 cm³/mol. The normalized spacial score (nSPS) is 15.4. The Morgan fingerprint density at radius 2 is 2.08 bits per heavy atom. The Kier molecular flexibility index (Phi) is 4.92. The summed E-state index contributed by atoms with van der Waals surface area (Å²) in [5.41, 5.74) is 3.71. The fraction of sp³-hybridized carbons (Fsp3) is 0.368. The predicted octanol–water partition coefficient (Wildman–Crippen LogP) is 5.00. The standard InChI is InChI=1S/C19H18Cl2N2O2/c1-11-16-10-25-19(2,3)7-14(16)15(8-22)18(23-11)24-9-12-4-5-13(20)6-17(12)21/h4-6H,7,9-10H2,1-3H3. The van der Waals surface area contributed by atoms with Gasteiger partial charge >= 0.3 is 0 Å². The summed E-state index contributed by atoms with van der Waals surface area (Å²) in [6.07, 6.45) is 0.645. The van der Waals surface area contributed by atoms with Crippen LogP contribution in [0.15, 0.2) is 18.2 Å². The van der Waals surface area contributed by atoms with Gasteiger partial charge < -0.3 is 9.47 Å². The second kappa shape index (κ2) is 6.84. The van der Waals surface area contributed by atoms with Crippen molar-refractivity contribution >= 4 is 23.2 Å². The molecule has 0 unspecified atom stereocenters. The van der Waals surface area contributed by atoms with E-state index in [2.05, 4.69) is 11.1 Å². The van der Waals surface area contributed by atoms with Crippen molar-refractivity contribution in [2.24, 2.45) is 0 Å². The average molecular weight is 377 g/mol. The zero-order valence-electron chi connectivity index (χ0n) is 14.3. The van der Waals surface area contributed by atoms with Crippen LogP contribution in [0.2, 0.25) is 10.0 Å². The lowest BCUT2D eigenvalue weighted by atomic mass is 9.88. The van der Waals surface area contributed by atoms with E-state index in [0.717, 1.165) is 22.4 Å². The molecule has 3 rings (SSSR count). The summed E-state index contributed by atoms with van der Waals surface area (Å²) < 4.78 is 11.7. The Hall–Kier alpha value is -1.80. The van der Waals surface area contributed by atoms with Gasteiger partial charge in [0.05, 0.1) is 12.2 Å². The summed E-state index contributed by atoms with van der Waals surface area (Å²) in [7, 11) is 0. The third-order valence-electron chi connectivity index (χ3n) is 4.29. The summed E-state index contributed by atoms with van der Waals surface area (Å²) in [6.45, 7) is 6.61. The molecule has 6 heteroatoms. The quantitative estimate of drug-likeness (QED) is 0.756. The molecule has 4 nitrogen and oxygen atoms in total. The highest BCUT2D eigenvalue weighted by atomic mass is 35.5. The largest absolute Gasteiger partial charge is 0.472 e. The van der Waals surface area contributed by atoms with Crippen LogP contribution in [0.4, 0.5) is 0 Å². The van der Waals surface area contributed by atoms with Gasteiger partial charge in [-0.15, -0.1) is 0 Å². The number of nitriles is 1. The number of hydrogen-bond acceptors (Lipinski definition) is 4.